The van der Waals surface area contributed by atoms with Gasteiger partial charge in [-0.3, -0.25) is 0 Å². The summed E-state index contributed by atoms with van der Waals surface area (Å²) in [6.45, 7) is 30.3. The Kier molecular flexibility index (Phi) is 8.64. The van der Waals surface area contributed by atoms with Crippen molar-refractivity contribution in [2.45, 2.75) is 130 Å². The Balaban J connectivity index is 1.89. The fourth-order valence-corrected chi connectivity index (χ4v) is 7.27. The van der Waals surface area contributed by atoms with Crippen molar-refractivity contribution in [2.75, 3.05) is 4.90 Å². The van der Waals surface area contributed by atoms with Crippen molar-refractivity contribution < 1.29 is 0 Å². The third kappa shape index (κ3) is 6.68. The molecule has 1 aliphatic rings. The van der Waals surface area contributed by atoms with Gasteiger partial charge in [0.1, 0.15) is 0 Å². The molecule has 244 valence electrons. The largest absolute Gasteiger partial charge is 0.310 e. The molecule has 46 heavy (non-hydrogen) atoms. The van der Waals surface area contributed by atoms with Gasteiger partial charge in [-0.2, -0.15) is 0 Å². The molecule has 5 rings (SSSR count). The first-order chi connectivity index (χ1) is 21.1. The molecule has 0 atom stereocenters. The van der Waals surface area contributed by atoms with E-state index in [1.54, 1.807) is 0 Å². The van der Waals surface area contributed by atoms with Gasteiger partial charge in [-0.1, -0.05) is 138 Å². The summed E-state index contributed by atoms with van der Waals surface area (Å²) in [6.07, 6.45) is 2.36. The molecule has 0 amide bonds. The summed E-state index contributed by atoms with van der Waals surface area (Å²) >= 11 is 6.94. The number of fused-ring (bicyclic) bond motifs is 1. The van der Waals surface area contributed by atoms with Crippen molar-refractivity contribution >= 4 is 28.7 Å². The molecule has 0 saturated heterocycles. The van der Waals surface area contributed by atoms with E-state index in [2.05, 4.69) is 174 Å². The zero-order valence-corrected chi connectivity index (χ0v) is 31.5. The topological polar surface area (TPSA) is 3.24 Å². The van der Waals surface area contributed by atoms with Crippen LogP contribution in [0.2, 0.25) is 5.02 Å². The second-order valence-corrected chi connectivity index (χ2v) is 18.5. The first-order valence-electron chi connectivity index (χ1n) is 17.1. The molecular formula is C44H56ClN. The van der Waals surface area contributed by atoms with Gasteiger partial charge in [0.15, 0.2) is 0 Å². The predicted molar refractivity (Wildman–Crippen MR) is 203 cm³/mol. The van der Waals surface area contributed by atoms with Crippen LogP contribution in [0.25, 0.3) is 11.1 Å². The number of nitrogens with zero attached hydrogens (tertiary/aromatic N) is 1. The maximum Gasteiger partial charge on any atom is 0.0540 e. The predicted octanol–water partition coefficient (Wildman–Crippen LogP) is 13.7. The Morgan fingerprint density at radius 3 is 1.70 bits per heavy atom. The van der Waals surface area contributed by atoms with Crippen LogP contribution < -0.4 is 4.90 Å². The lowest BCUT2D eigenvalue weighted by atomic mass is 9.61. The number of benzene rings is 4. The lowest BCUT2D eigenvalue weighted by Gasteiger charge is -2.43. The van der Waals surface area contributed by atoms with Crippen molar-refractivity contribution in [3.05, 3.63) is 112 Å². The van der Waals surface area contributed by atoms with Crippen molar-refractivity contribution in [3.63, 3.8) is 0 Å². The van der Waals surface area contributed by atoms with Crippen molar-refractivity contribution in [1.82, 2.24) is 0 Å². The van der Waals surface area contributed by atoms with E-state index in [4.69, 9.17) is 11.6 Å². The van der Waals surface area contributed by atoms with Gasteiger partial charge in [0, 0.05) is 22.0 Å². The second-order valence-electron chi connectivity index (χ2n) is 18.1. The summed E-state index contributed by atoms with van der Waals surface area (Å²) in [5, 5.41) is 0.756. The minimum Gasteiger partial charge on any atom is -0.310 e. The van der Waals surface area contributed by atoms with Crippen molar-refractivity contribution in [2.24, 2.45) is 0 Å². The standard InChI is InChI=1S/C44H56ClN/c1-40(2,3)29-17-20-33(21-18-29)46(34-26-31(42(7,8)9)25-32(45)28-34)38-22-19-30(41(4,5)6)27-36(38)35-15-14-16-37-39(35)44(12,13)24-23-43(37,10)11/h14-22,25-28H,23-24H2,1-13H3. The Morgan fingerprint density at radius 1 is 0.543 bits per heavy atom. The van der Waals surface area contributed by atoms with E-state index in [0.717, 1.165) is 16.4 Å². The molecule has 0 spiro atoms. The number of hydrogen-bond acceptors (Lipinski definition) is 1. The molecule has 0 N–H and O–H groups in total. The van der Waals surface area contributed by atoms with E-state index in [1.165, 1.54) is 57.5 Å². The van der Waals surface area contributed by atoms with Gasteiger partial charge < -0.3 is 4.90 Å². The summed E-state index contributed by atoms with van der Waals surface area (Å²) in [4.78, 5) is 2.44. The number of hydrogen-bond donors (Lipinski definition) is 0. The minimum atomic E-state index is -0.0472. The molecule has 0 radical (unpaired) electrons. The van der Waals surface area contributed by atoms with Crippen molar-refractivity contribution in [3.8, 4) is 11.1 Å². The highest BCUT2D eigenvalue weighted by Crippen LogP contribution is 2.52. The third-order valence-electron chi connectivity index (χ3n) is 10.2. The molecule has 1 aliphatic carbocycles. The van der Waals surface area contributed by atoms with Crippen LogP contribution in [0.15, 0.2) is 78.9 Å². The second kappa shape index (κ2) is 11.6. The summed E-state index contributed by atoms with van der Waals surface area (Å²) in [5.74, 6) is 0. The molecule has 0 aromatic heterocycles. The van der Waals surface area contributed by atoms with Gasteiger partial charge in [-0.05, 0) is 116 Å². The monoisotopic (exact) mass is 633 g/mol. The summed E-state index contributed by atoms with van der Waals surface area (Å²) in [7, 11) is 0. The van der Waals surface area contributed by atoms with Gasteiger partial charge in [0.05, 0.1) is 5.69 Å². The van der Waals surface area contributed by atoms with Crippen LogP contribution in [0.4, 0.5) is 17.1 Å². The fourth-order valence-electron chi connectivity index (χ4n) is 7.04. The molecule has 4 aromatic carbocycles. The molecule has 0 bridgehead atoms. The maximum atomic E-state index is 6.94. The highest BCUT2D eigenvalue weighted by molar-refractivity contribution is 6.31. The Morgan fingerprint density at radius 2 is 1.11 bits per heavy atom. The van der Waals surface area contributed by atoms with E-state index in [-0.39, 0.29) is 27.1 Å². The van der Waals surface area contributed by atoms with E-state index < -0.39 is 0 Å². The average Bonchev–Trinajstić information content (AvgIpc) is 2.94. The number of rotatable bonds is 4. The first kappa shape index (κ1) is 34.3. The Bertz CT molecular complexity index is 1730. The highest BCUT2D eigenvalue weighted by Gasteiger charge is 2.39. The molecule has 1 nitrogen and oxygen atoms in total. The van der Waals surface area contributed by atoms with Crippen LogP contribution in [-0.4, -0.2) is 0 Å². The van der Waals surface area contributed by atoms with E-state index in [0.29, 0.717) is 0 Å². The third-order valence-corrected chi connectivity index (χ3v) is 10.5. The lowest BCUT2D eigenvalue weighted by molar-refractivity contribution is 0.333. The van der Waals surface area contributed by atoms with Crippen LogP contribution in [0.5, 0.6) is 0 Å². The molecule has 0 unspecified atom stereocenters. The fraction of sp³-hybridized carbons (Fsp3) is 0.455. The summed E-state index contributed by atoms with van der Waals surface area (Å²) in [5.41, 5.74) is 13.0. The zero-order valence-electron chi connectivity index (χ0n) is 30.7. The minimum absolute atomic E-state index is 0.00551. The molecule has 0 aliphatic heterocycles. The normalized spacial score (nSPS) is 16.2. The average molecular weight is 634 g/mol. The van der Waals surface area contributed by atoms with E-state index in [9.17, 15) is 0 Å². The van der Waals surface area contributed by atoms with Crippen molar-refractivity contribution in [1.29, 1.82) is 0 Å². The highest BCUT2D eigenvalue weighted by atomic mass is 35.5. The summed E-state index contributed by atoms with van der Waals surface area (Å²) < 4.78 is 0. The lowest BCUT2D eigenvalue weighted by Crippen LogP contribution is -2.34. The Hall–Kier alpha value is -3.03. The van der Waals surface area contributed by atoms with Gasteiger partial charge >= 0.3 is 0 Å². The van der Waals surface area contributed by atoms with Gasteiger partial charge in [0.25, 0.3) is 0 Å². The van der Waals surface area contributed by atoms with E-state index in [1.807, 2.05) is 0 Å². The zero-order chi connectivity index (χ0) is 34.0. The van der Waals surface area contributed by atoms with Gasteiger partial charge in [-0.25, -0.2) is 0 Å². The van der Waals surface area contributed by atoms with Crippen LogP contribution in [-0.2, 0) is 27.1 Å². The Labute approximate surface area is 285 Å². The smallest absolute Gasteiger partial charge is 0.0540 e. The van der Waals surface area contributed by atoms with Crippen LogP contribution in [0, 0.1) is 0 Å². The SMILES string of the molecule is CC(C)(C)c1ccc(N(c2cc(Cl)cc(C(C)(C)C)c2)c2ccc(C(C)(C)C)cc2-c2cccc3c2C(C)(C)CCC3(C)C)cc1. The molecule has 0 fully saturated rings. The van der Waals surface area contributed by atoms with Gasteiger partial charge in [-0.15, -0.1) is 0 Å². The maximum absolute atomic E-state index is 6.94. The van der Waals surface area contributed by atoms with Crippen LogP contribution in [0.3, 0.4) is 0 Å². The molecule has 2 heteroatoms. The van der Waals surface area contributed by atoms with Crippen LogP contribution >= 0.6 is 11.6 Å². The van der Waals surface area contributed by atoms with Crippen LogP contribution in [0.1, 0.15) is 131 Å². The van der Waals surface area contributed by atoms with Gasteiger partial charge in [0.2, 0.25) is 0 Å². The molecular weight excluding hydrogens is 578 g/mol. The molecule has 4 aromatic rings. The molecule has 0 saturated carbocycles. The first-order valence-corrected chi connectivity index (χ1v) is 17.5. The summed E-state index contributed by atoms with van der Waals surface area (Å²) in [6, 6.07) is 29.9. The number of anilines is 3. The quantitative estimate of drug-likeness (QED) is 0.216. The number of halogens is 1. The molecule has 0 heterocycles. The van der Waals surface area contributed by atoms with E-state index >= 15 is 0 Å².